The molecular weight excluding hydrogens is 232 g/mol. The maximum Gasteiger partial charge on any atom is 0.108 e. The second-order valence-corrected chi connectivity index (χ2v) is 5.22. The van der Waals surface area contributed by atoms with Gasteiger partial charge in [-0.15, -0.1) is 11.3 Å². The molecule has 2 heterocycles. The molecule has 1 aliphatic heterocycles. The average Bonchev–Trinajstić information content (AvgIpc) is 2.86. The Bertz CT molecular complexity index is 491. The van der Waals surface area contributed by atoms with E-state index >= 15 is 0 Å². The molecule has 3 rings (SSSR count). The Balaban J connectivity index is 1.69. The normalized spacial score (nSPS) is 20.8. The zero-order chi connectivity index (χ0) is 11.5. The van der Waals surface area contributed by atoms with E-state index < -0.39 is 0 Å². The van der Waals surface area contributed by atoms with Gasteiger partial charge in [-0.1, -0.05) is 12.1 Å². The third-order valence-electron chi connectivity index (χ3n) is 3.14. The first-order valence-electron chi connectivity index (χ1n) is 6.09. The maximum atomic E-state index is 5.91. The standard InChI is InChI=1S/C13H16N2OS/c1-2-7-14-12(6-1)16-8-10-4-3-5-11-13(10)17-9-15-11/h3-5,9,12,14H,1-2,6-8H2. The van der Waals surface area contributed by atoms with E-state index in [1.165, 1.54) is 23.1 Å². The molecule has 0 amide bonds. The Morgan fingerprint density at radius 3 is 3.29 bits per heavy atom. The second-order valence-electron chi connectivity index (χ2n) is 4.37. The molecule has 4 heteroatoms. The van der Waals surface area contributed by atoms with E-state index in [9.17, 15) is 0 Å². The van der Waals surface area contributed by atoms with Gasteiger partial charge in [0.05, 0.1) is 22.3 Å². The van der Waals surface area contributed by atoms with Crippen LogP contribution in [0.3, 0.4) is 0 Å². The van der Waals surface area contributed by atoms with E-state index in [1.54, 1.807) is 11.3 Å². The molecule has 2 aromatic rings. The zero-order valence-electron chi connectivity index (χ0n) is 9.69. The van der Waals surface area contributed by atoms with Crippen molar-refractivity contribution in [3.8, 4) is 0 Å². The highest BCUT2D eigenvalue weighted by molar-refractivity contribution is 7.16. The smallest absolute Gasteiger partial charge is 0.108 e. The molecule has 90 valence electrons. The van der Waals surface area contributed by atoms with Gasteiger partial charge < -0.3 is 4.74 Å². The van der Waals surface area contributed by atoms with Crippen LogP contribution in [0.15, 0.2) is 23.7 Å². The lowest BCUT2D eigenvalue weighted by Gasteiger charge is -2.23. The lowest BCUT2D eigenvalue weighted by Crippen LogP contribution is -2.35. The monoisotopic (exact) mass is 248 g/mol. The highest BCUT2D eigenvalue weighted by atomic mass is 32.1. The van der Waals surface area contributed by atoms with Crippen LogP contribution in [0.2, 0.25) is 0 Å². The van der Waals surface area contributed by atoms with E-state index in [1.807, 2.05) is 11.6 Å². The van der Waals surface area contributed by atoms with Crippen LogP contribution in [0.5, 0.6) is 0 Å². The Morgan fingerprint density at radius 1 is 1.41 bits per heavy atom. The fourth-order valence-electron chi connectivity index (χ4n) is 2.21. The minimum absolute atomic E-state index is 0.229. The van der Waals surface area contributed by atoms with E-state index in [2.05, 4.69) is 22.4 Å². The Hall–Kier alpha value is -0.970. The van der Waals surface area contributed by atoms with Crippen molar-refractivity contribution in [1.82, 2.24) is 10.3 Å². The maximum absolute atomic E-state index is 5.91. The summed E-state index contributed by atoms with van der Waals surface area (Å²) in [5, 5.41) is 3.40. The van der Waals surface area contributed by atoms with Crippen LogP contribution >= 0.6 is 11.3 Å². The third-order valence-corrected chi connectivity index (χ3v) is 4.06. The molecular formula is C13H16N2OS. The molecule has 1 saturated heterocycles. The molecule has 3 nitrogen and oxygen atoms in total. The summed E-state index contributed by atoms with van der Waals surface area (Å²) >= 11 is 1.69. The molecule has 0 aliphatic carbocycles. The highest BCUT2D eigenvalue weighted by Crippen LogP contribution is 2.23. The van der Waals surface area contributed by atoms with Gasteiger partial charge in [-0.05, 0) is 37.4 Å². The number of aromatic nitrogens is 1. The number of hydrogen-bond donors (Lipinski definition) is 1. The molecule has 1 aromatic carbocycles. The van der Waals surface area contributed by atoms with Crippen molar-refractivity contribution in [1.29, 1.82) is 0 Å². The van der Waals surface area contributed by atoms with Crippen molar-refractivity contribution in [3.63, 3.8) is 0 Å². The molecule has 1 unspecified atom stereocenters. The summed E-state index contributed by atoms with van der Waals surface area (Å²) in [6.07, 6.45) is 3.89. The van der Waals surface area contributed by atoms with Gasteiger partial charge in [-0.2, -0.15) is 0 Å². The fraction of sp³-hybridized carbons (Fsp3) is 0.462. The molecule has 0 spiro atoms. The molecule has 0 bridgehead atoms. The topological polar surface area (TPSA) is 34.1 Å². The molecule has 1 aromatic heterocycles. The number of thiazole rings is 1. The van der Waals surface area contributed by atoms with Crippen LogP contribution < -0.4 is 5.32 Å². The van der Waals surface area contributed by atoms with Crippen LogP contribution in [0.25, 0.3) is 10.2 Å². The first-order valence-corrected chi connectivity index (χ1v) is 6.97. The number of nitrogens with one attached hydrogen (secondary N) is 1. The molecule has 0 saturated carbocycles. The lowest BCUT2D eigenvalue weighted by molar-refractivity contribution is 0.00179. The van der Waals surface area contributed by atoms with Gasteiger partial charge in [0.1, 0.15) is 6.23 Å². The molecule has 1 fully saturated rings. The minimum atomic E-state index is 0.229. The van der Waals surface area contributed by atoms with Gasteiger partial charge in [0, 0.05) is 0 Å². The SMILES string of the molecule is c1cc(COC2CCCCN2)c2scnc2c1. The molecule has 17 heavy (non-hydrogen) atoms. The second kappa shape index (κ2) is 5.12. The fourth-order valence-corrected chi connectivity index (χ4v) is 3.00. The van der Waals surface area contributed by atoms with Gasteiger partial charge >= 0.3 is 0 Å². The summed E-state index contributed by atoms with van der Waals surface area (Å²) in [6.45, 7) is 1.76. The number of rotatable bonds is 3. The van der Waals surface area contributed by atoms with Crippen molar-refractivity contribution in [2.45, 2.75) is 32.1 Å². The van der Waals surface area contributed by atoms with Crippen molar-refractivity contribution in [3.05, 3.63) is 29.3 Å². The summed E-state index contributed by atoms with van der Waals surface area (Å²) in [5.41, 5.74) is 4.22. The predicted molar refractivity (Wildman–Crippen MR) is 70.1 cm³/mol. The highest BCUT2D eigenvalue weighted by Gasteiger charge is 2.13. The zero-order valence-corrected chi connectivity index (χ0v) is 10.5. The van der Waals surface area contributed by atoms with Gasteiger partial charge in [0.25, 0.3) is 0 Å². The largest absolute Gasteiger partial charge is 0.359 e. The van der Waals surface area contributed by atoms with Crippen molar-refractivity contribution < 1.29 is 4.74 Å². The van der Waals surface area contributed by atoms with E-state index in [4.69, 9.17) is 4.74 Å². The van der Waals surface area contributed by atoms with Crippen LogP contribution in [0, 0.1) is 0 Å². The molecule has 1 N–H and O–H groups in total. The Morgan fingerprint density at radius 2 is 2.41 bits per heavy atom. The first-order chi connectivity index (χ1) is 8.43. The first kappa shape index (κ1) is 11.1. The van der Waals surface area contributed by atoms with E-state index in [0.29, 0.717) is 6.61 Å². The lowest BCUT2D eigenvalue weighted by atomic mass is 10.1. The van der Waals surface area contributed by atoms with Crippen LogP contribution in [-0.2, 0) is 11.3 Å². The number of ether oxygens (including phenoxy) is 1. The number of benzene rings is 1. The number of hydrogen-bond acceptors (Lipinski definition) is 4. The molecule has 1 atom stereocenters. The Labute approximate surface area is 105 Å². The van der Waals surface area contributed by atoms with Gasteiger partial charge in [-0.25, -0.2) is 4.98 Å². The Kier molecular flexibility index (Phi) is 3.36. The van der Waals surface area contributed by atoms with Crippen LogP contribution in [-0.4, -0.2) is 17.8 Å². The molecule has 0 radical (unpaired) electrons. The van der Waals surface area contributed by atoms with E-state index in [0.717, 1.165) is 18.5 Å². The number of piperidine rings is 1. The van der Waals surface area contributed by atoms with Crippen molar-refractivity contribution in [2.24, 2.45) is 0 Å². The van der Waals surface area contributed by atoms with Crippen LogP contribution in [0.4, 0.5) is 0 Å². The summed E-state index contributed by atoms with van der Waals surface area (Å²) in [6, 6.07) is 6.23. The summed E-state index contributed by atoms with van der Waals surface area (Å²) in [5.74, 6) is 0. The van der Waals surface area contributed by atoms with Crippen molar-refractivity contribution in [2.75, 3.05) is 6.54 Å². The van der Waals surface area contributed by atoms with Gasteiger partial charge in [0.15, 0.2) is 0 Å². The number of nitrogens with zero attached hydrogens (tertiary/aromatic N) is 1. The third kappa shape index (κ3) is 2.49. The van der Waals surface area contributed by atoms with Gasteiger partial charge in [0.2, 0.25) is 0 Å². The predicted octanol–water partition coefficient (Wildman–Crippen LogP) is 2.91. The van der Waals surface area contributed by atoms with Crippen LogP contribution in [0.1, 0.15) is 24.8 Å². The summed E-state index contributed by atoms with van der Waals surface area (Å²) in [4.78, 5) is 4.32. The van der Waals surface area contributed by atoms with Gasteiger partial charge in [-0.3, -0.25) is 5.32 Å². The van der Waals surface area contributed by atoms with Crippen molar-refractivity contribution >= 4 is 21.6 Å². The number of fused-ring (bicyclic) bond motifs is 1. The van der Waals surface area contributed by atoms with E-state index in [-0.39, 0.29) is 6.23 Å². The minimum Gasteiger partial charge on any atom is -0.359 e. The summed E-state index contributed by atoms with van der Waals surface area (Å²) in [7, 11) is 0. The molecule has 1 aliphatic rings. The quantitative estimate of drug-likeness (QED) is 0.907. The average molecular weight is 248 g/mol. The summed E-state index contributed by atoms with van der Waals surface area (Å²) < 4.78 is 7.17.